The molecule has 7 nitrogen and oxygen atoms in total. The predicted molar refractivity (Wildman–Crippen MR) is 126 cm³/mol. The number of nitrogens with one attached hydrogen (secondary N) is 1. The van der Waals surface area contributed by atoms with Gasteiger partial charge in [-0.25, -0.2) is 4.79 Å². The van der Waals surface area contributed by atoms with E-state index in [1.807, 2.05) is 61.7 Å². The van der Waals surface area contributed by atoms with E-state index >= 15 is 0 Å². The number of hydrogen-bond donors (Lipinski definition) is 3. The number of amides is 1. The van der Waals surface area contributed by atoms with Gasteiger partial charge in [0.05, 0.1) is 18.2 Å². The lowest BCUT2D eigenvalue weighted by molar-refractivity contribution is 0.0798. The van der Waals surface area contributed by atoms with Gasteiger partial charge in [0.2, 0.25) is 0 Å². The van der Waals surface area contributed by atoms with Crippen molar-refractivity contribution in [3.05, 3.63) is 95.9 Å². The number of nitrogens with zero attached hydrogens (tertiary/aromatic N) is 2. The van der Waals surface area contributed by atoms with Gasteiger partial charge in [0.1, 0.15) is 12.4 Å². The zero-order valence-electron chi connectivity index (χ0n) is 18.4. The highest BCUT2D eigenvalue weighted by molar-refractivity contribution is 5.88. The van der Waals surface area contributed by atoms with Crippen molar-refractivity contribution in [2.45, 2.75) is 32.1 Å². The molecule has 3 N–H and O–H groups in total. The Labute approximate surface area is 192 Å². The Hall–Kier alpha value is -3.84. The number of aromatic nitrogens is 2. The molecule has 2 atom stereocenters. The molecule has 2 heterocycles. The molecule has 4 aromatic rings. The van der Waals surface area contributed by atoms with Gasteiger partial charge in [0, 0.05) is 35.6 Å². The largest absolute Gasteiger partial charge is 0.487 e. The lowest BCUT2D eigenvalue weighted by Gasteiger charge is -2.28. The summed E-state index contributed by atoms with van der Waals surface area (Å²) in [6, 6.07) is 18.9. The summed E-state index contributed by atoms with van der Waals surface area (Å²) < 4.78 is 6.04. The van der Waals surface area contributed by atoms with Gasteiger partial charge in [-0.1, -0.05) is 48.5 Å². The van der Waals surface area contributed by atoms with Gasteiger partial charge in [-0.15, -0.1) is 0 Å². The molecule has 0 aliphatic heterocycles. The molecule has 2 aromatic carbocycles. The molecule has 4 rings (SSSR count). The van der Waals surface area contributed by atoms with Crippen LogP contribution in [0.3, 0.4) is 0 Å². The van der Waals surface area contributed by atoms with Crippen molar-refractivity contribution in [1.29, 1.82) is 0 Å². The number of para-hydroxylation sites is 1. The van der Waals surface area contributed by atoms with Crippen LogP contribution in [0.1, 0.15) is 29.7 Å². The topological polar surface area (TPSA) is 98.7 Å². The van der Waals surface area contributed by atoms with Crippen molar-refractivity contribution in [1.82, 2.24) is 14.9 Å². The lowest BCUT2D eigenvalue weighted by atomic mass is 10.0. The van der Waals surface area contributed by atoms with Crippen LogP contribution in [0.15, 0.2) is 79.3 Å². The molecule has 2 aromatic heterocycles. The number of hydrogen-bond acceptors (Lipinski definition) is 4. The second-order valence-corrected chi connectivity index (χ2v) is 8.06. The fourth-order valence-electron chi connectivity index (χ4n) is 3.95. The molecule has 7 heteroatoms. The third kappa shape index (κ3) is 5.32. The maximum Gasteiger partial charge on any atom is 0.407 e. The number of aliphatic hydroxyl groups is 1. The van der Waals surface area contributed by atoms with Crippen molar-refractivity contribution < 1.29 is 19.7 Å². The van der Waals surface area contributed by atoms with E-state index < -0.39 is 12.2 Å². The van der Waals surface area contributed by atoms with Gasteiger partial charge in [0.25, 0.3) is 0 Å². The smallest absolute Gasteiger partial charge is 0.407 e. The van der Waals surface area contributed by atoms with Crippen LogP contribution in [0.25, 0.3) is 10.9 Å². The second kappa shape index (κ2) is 10.2. The lowest BCUT2D eigenvalue weighted by Crippen LogP contribution is -2.41. The fourth-order valence-corrected chi connectivity index (χ4v) is 3.95. The van der Waals surface area contributed by atoms with Crippen molar-refractivity contribution >= 4 is 17.0 Å². The summed E-state index contributed by atoms with van der Waals surface area (Å²) in [5.74, 6) is 0.748. The average Bonchev–Trinajstić information content (AvgIpc) is 3.25. The summed E-state index contributed by atoms with van der Waals surface area (Å²) >= 11 is 0. The van der Waals surface area contributed by atoms with E-state index in [-0.39, 0.29) is 12.6 Å². The zero-order chi connectivity index (χ0) is 23.2. The Morgan fingerprint density at radius 1 is 1.12 bits per heavy atom. The minimum atomic E-state index is -1.07. The zero-order valence-corrected chi connectivity index (χ0v) is 18.4. The molecule has 0 spiro atoms. The maximum atomic E-state index is 11.9. The molecule has 0 aliphatic rings. The molecular formula is C26H27N3O4. The second-order valence-electron chi connectivity index (χ2n) is 8.06. The normalized spacial score (nSPS) is 12.9. The molecule has 0 bridgehead atoms. The quantitative estimate of drug-likeness (QED) is 0.344. The maximum absolute atomic E-state index is 11.9. The number of carboxylic acid groups (broad SMARTS) is 1. The van der Waals surface area contributed by atoms with E-state index in [9.17, 15) is 15.0 Å². The van der Waals surface area contributed by atoms with Crippen LogP contribution in [-0.4, -0.2) is 43.8 Å². The van der Waals surface area contributed by atoms with Gasteiger partial charge in [-0.2, -0.15) is 0 Å². The molecule has 33 heavy (non-hydrogen) atoms. The van der Waals surface area contributed by atoms with Gasteiger partial charge in [-0.3, -0.25) is 4.98 Å². The number of carbonyl (C=O) groups is 1. The Bertz CT molecular complexity index is 1190. The summed E-state index contributed by atoms with van der Waals surface area (Å²) in [5, 5.41) is 21.3. The van der Waals surface area contributed by atoms with E-state index in [0.29, 0.717) is 18.6 Å². The van der Waals surface area contributed by atoms with Crippen LogP contribution in [0.5, 0.6) is 5.75 Å². The van der Waals surface area contributed by atoms with Gasteiger partial charge >= 0.3 is 6.09 Å². The number of fused-ring (bicyclic) bond motifs is 1. The fraction of sp³-hybridized carbons (Fsp3) is 0.231. The number of aromatic amines is 1. The number of ether oxygens (including phenoxy) is 1. The Morgan fingerprint density at radius 3 is 2.67 bits per heavy atom. The Kier molecular flexibility index (Phi) is 6.90. The molecule has 0 fully saturated rings. The number of H-pyrrole nitrogens is 1. The first-order valence-corrected chi connectivity index (χ1v) is 10.9. The first kappa shape index (κ1) is 22.4. The van der Waals surface area contributed by atoms with Crippen LogP contribution < -0.4 is 4.74 Å². The standard InChI is InChI=1S/C26H27N3O4/c1-18(29(26(31)32)16-23(30)20-9-6-12-27-14-20)13-21-15-28-25-22(21)10-5-11-24(25)33-17-19-7-3-2-4-8-19/h2-12,14-15,18,23,28,30H,13,16-17H2,1H3,(H,31,32)/t18-,23+/m1/s1. The van der Waals surface area contributed by atoms with Gasteiger partial charge < -0.3 is 24.8 Å². The van der Waals surface area contributed by atoms with Crippen molar-refractivity contribution in [2.75, 3.05) is 6.54 Å². The first-order valence-electron chi connectivity index (χ1n) is 10.9. The highest BCUT2D eigenvalue weighted by atomic mass is 16.5. The predicted octanol–water partition coefficient (Wildman–Crippen LogP) is 4.79. The SMILES string of the molecule is C[C@H](Cc1c[nH]c2c(OCc3ccccc3)cccc12)N(C[C@H](O)c1cccnc1)C(=O)O. The minimum absolute atomic E-state index is 0.0318. The van der Waals surface area contributed by atoms with Crippen molar-refractivity contribution in [2.24, 2.45) is 0 Å². The van der Waals surface area contributed by atoms with Gasteiger partial charge in [0.15, 0.2) is 0 Å². The molecule has 1 amide bonds. The highest BCUT2D eigenvalue weighted by Gasteiger charge is 2.24. The first-order chi connectivity index (χ1) is 16.0. The number of rotatable bonds is 9. The van der Waals surface area contributed by atoms with Crippen LogP contribution in [-0.2, 0) is 13.0 Å². The molecule has 170 valence electrons. The van der Waals surface area contributed by atoms with Crippen molar-refractivity contribution in [3.63, 3.8) is 0 Å². The Morgan fingerprint density at radius 2 is 1.94 bits per heavy atom. The van der Waals surface area contributed by atoms with E-state index in [4.69, 9.17) is 4.74 Å². The number of pyridine rings is 1. The summed E-state index contributed by atoms with van der Waals surface area (Å²) in [4.78, 5) is 20.5. The number of aliphatic hydroxyl groups excluding tert-OH is 1. The molecule has 0 unspecified atom stereocenters. The molecule has 0 radical (unpaired) electrons. The number of benzene rings is 2. The molecule has 0 saturated carbocycles. The summed E-state index contributed by atoms with van der Waals surface area (Å²) in [7, 11) is 0. The van der Waals surface area contributed by atoms with E-state index in [1.165, 1.54) is 4.90 Å². The van der Waals surface area contributed by atoms with E-state index in [0.717, 1.165) is 27.8 Å². The van der Waals surface area contributed by atoms with Crippen LogP contribution >= 0.6 is 0 Å². The van der Waals surface area contributed by atoms with Gasteiger partial charge in [-0.05, 0) is 36.6 Å². The average molecular weight is 446 g/mol. The van der Waals surface area contributed by atoms with Crippen molar-refractivity contribution in [3.8, 4) is 5.75 Å². The molecule has 0 aliphatic carbocycles. The summed E-state index contributed by atoms with van der Waals surface area (Å²) in [6.07, 6.45) is 3.53. The highest BCUT2D eigenvalue weighted by Crippen LogP contribution is 2.29. The summed E-state index contributed by atoms with van der Waals surface area (Å²) in [5.41, 5.74) is 3.54. The monoisotopic (exact) mass is 445 g/mol. The third-order valence-corrected chi connectivity index (χ3v) is 5.73. The molecular weight excluding hydrogens is 418 g/mol. The van der Waals surface area contributed by atoms with Crippen LogP contribution in [0.2, 0.25) is 0 Å². The summed E-state index contributed by atoms with van der Waals surface area (Å²) in [6.45, 7) is 2.28. The van der Waals surface area contributed by atoms with E-state index in [1.54, 1.807) is 24.5 Å². The Balaban J connectivity index is 1.48. The molecule has 0 saturated heterocycles. The minimum Gasteiger partial charge on any atom is -0.487 e. The van der Waals surface area contributed by atoms with Crippen LogP contribution in [0, 0.1) is 0 Å². The van der Waals surface area contributed by atoms with E-state index in [2.05, 4.69) is 9.97 Å². The third-order valence-electron chi connectivity index (χ3n) is 5.73. The van der Waals surface area contributed by atoms with Crippen LogP contribution in [0.4, 0.5) is 4.79 Å².